The summed E-state index contributed by atoms with van der Waals surface area (Å²) in [6.45, 7) is 0. The summed E-state index contributed by atoms with van der Waals surface area (Å²) < 4.78 is 11.8. The zero-order chi connectivity index (χ0) is 35.8. The fourth-order valence-corrected chi connectivity index (χ4v) is 9.42. The monoisotopic (exact) mass is 722 g/mol. The van der Waals surface area contributed by atoms with E-state index in [9.17, 15) is 19.5 Å². The van der Waals surface area contributed by atoms with E-state index in [1.807, 2.05) is 36.4 Å². The topological polar surface area (TPSA) is 113 Å². The summed E-state index contributed by atoms with van der Waals surface area (Å²) in [4.78, 5) is 61.4. The van der Waals surface area contributed by atoms with Gasteiger partial charge < -0.3 is 14.6 Å². The van der Waals surface area contributed by atoms with E-state index in [0.717, 1.165) is 5.57 Å². The molecule has 2 heterocycles. The molecule has 0 radical (unpaired) electrons. The largest absolute Gasteiger partial charge is 0.508 e. The van der Waals surface area contributed by atoms with Gasteiger partial charge in [0.1, 0.15) is 17.2 Å². The molecule has 258 valence electrons. The molecule has 8 rings (SSSR count). The molecule has 0 spiro atoms. The number of nitrogens with zero attached hydrogens (tertiary/aromatic N) is 2. The Morgan fingerprint density at radius 3 is 2.06 bits per heavy atom. The van der Waals surface area contributed by atoms with Crippen molar-refractivity contribution in [2.45, 2.75) is 24.2 Å². The van der Waals surface area contributed by atoms with Crippen LogP contribution in [0.2, 0.25) is 10.0 Å². The van der Waals surface area contributed by atoms with Gasteiger partial charge in [-0.25, -0.2) is 4.90 Å². The number of allylic oxidation sites excluding steroid dienone is 2. The van der Waals surface area contributed by atoms with Crippen molar-refractivity contribution in [1.82, 2.24) is 0 Å². The standard InChI is InChI=1S/C40H32Cl2N2O7/c1-50-31-18-26(45)19-32(51-2)34(31)35-27-15-16-28-33(38(48)43(36(28)46)24-13-11-22(41)12-14-24)29(27)20-30-37(47)44(25-10-6-9-23(42)17-25)39(49)40(30,35)21-7-4-3-5-8-21/h3-15,17-19,28-30,33,35,45H,16,20H2,1-2H3/t28-,29+,30-,33-,35+,40+/m0/s1. The van der Waals surface area contributed by atoms with Crippen LogP contribution in [0.25, 0.3) is 0 Å². The second-order valence-corrected chi connectivity index (χ2v) is 14.2. The van der Waals surface area contributed by atoms with E-state index in [2.05, 4.69) is 0 Å². The summed E-state index contributed by atoms with van der Waals surface area (Å²) in [5.74, 6) is -5.22. The number of hydrogen-bond donors (Lipinski definition) is 1. The number of benzene rings is 4. The van der Waals surface area contributed by atoms with Crippen molar-refractivity contribution in [2.24, 2.45) is 23.7 Å². The van der Waals surface area contributed by atoms with Crippen LogP contribution in [0.1, 0.15) is 29.9 Å². The average molecular weight is 724 g/mol. The Kier molecular flexibility index (Phi) is 7.96. The Hall–Kier alpha value is -5.12. The Balaban J connectivity index is 1.40. The molecule has 3 fully saturated rings. The number of phenolic OH excluding ortho intramolecular Hbond substituents is 1. The van der Waals surface area contributed by atoms with Crippen LogP contribution in [0.5, 0.6) is 17.2 Å². The molecule has 4 amide bonds. The Morgan fingerprint density at radius 2 is 1.41 bits per heavy atom. The number of ether oxygens (including phenoxy) is 2. The minimum absolute atomic E-state index is 0.118. The number of phenols is 1. The lowest BCUT2D eigenvalue weighted by Gasteiger charge is -2.51. The summed E-state index contributed by atoms with van der Waals surface area (Å²) >= 11 is 12.5. The van der Waals surface area contributed by atoms with Gasteiger partial charge in [-0.15, -0.1) is 0 Å². The normalized spacial score (nSPS) is 26.8. The van der Waals surface area contributed by atoms with Crippen LogP contribution in [0.4, 0.5) is 11.4 Å². The number of methoxy groups -OCH3 is 2. The Morgan fingerprint density at radius 1 is 0.725 bits per heavy atom. The molecule has 1 saturated carbocycles. The Labute approximate surface area is 304 Å². The number of carbonyl (C=O) groups is 4. The van der Waals surface area contributed by atoms with Crippen molar-refractivity contribution in [2.75, 3.05) is 24.0 Å². The van der Waals surface area contributed by atoms with Crippen molar-refractivity contribution in [3.05, 3.63) is 124 Å². The zero-order valence-corrected chi connectivity index (χ0v) is 29.1. The van der Waals surface area contributed by atoms with Crippen molar-refractivity contribution in [3.63, 3.8) is 0 Å². The molecule has 1 N–H and O–H groups in total. The van der Waals surface area contributed by atoms with Crippen LogP contribution < -0.4 is 19.3 Å². The first kappa shape index (κ1) is 33.0. The minimum atomic E-state index is -1.55. The number of hydrogen-bond acceptors (Lipinski definition) is 7. The van der Waals surface area contributed by atoms with Gasteiger partial charge in [-0.1, -0.05) is 71.2 Å². The smallest absolute Gasteiger partial charge is 0.246 e. The van der Waals surface area contributed by atoms with Crippen LogP contribution in [-0.4, -0.2) is 43.0 Å². The van der Waals surface area contributed by atoms with E-state index < -0.39 is 46.8 Å². The highest BCUT2D eigenvalue weighted by Gasteiger charge is 2.71. The maximum absolute atomic E-state index is 15.5. The van der Waals surface area contributed by atoms with Crippen LogP contribution in [0, 0.1) is 23.7 Å². The highest BCUT2D eigenvalue weighted by Crippen LogP contribution is 2.66. The molecule has 6 atom stereocenters. The second kappa shape index (κ2) is 12.3. The molecule has 4 aromatic carbocycles. The van der Waals surface area contributed by atoms with Gasteiger partial charge in [0.15, 0.2) is 0 Å². The van der Waals surface area contributed by atoms with Crippen LogP contribution in [0.3, 0.4) is 0 Å². The molecule has 2 aliphatic heterocycles. The number of amides is 4. The van der Waals surface area contributed by atoms with Crippen molar-refractivity contribution >= 4 is 58.2 Å². The maximum atomic E-state index is 15.5. The third kappa shape index (κ3) is 4.74. The number of anilines is 2. The summed E-state index contributed by atoms with van der Waals surface area (Å²) in [6, 6.07) is 25.2. The highest BCUT2D eigenvalue weighted by molar-refractivity contribution is 6.32. The lowest BCUT2D eigenvalue weighted by atomic mass is 9.49. The van der Waals surface area contributed by atoms with E-state index in [1.54, 1.807) is 48.5 Å². The number of imide groups is 2. The van der Waals surface area contributed by atoms with E-state index in [4.69, 9.17) is 32.7 Å². The highest BCUT2D eigenvalue weighted by atomic mass is 35.5. The number of rotatable bonds is 6. The molecule has 4 aliphatic rings. The van der Waals surface area contributed by atoms with E-state index in [1.165, 1.54) is 36.2 Å². The van der Waals surface area contributed by atoms with Gasteiger partial charge in [0, 0.05) is 33.7 Å². The average Bonchev–Trinajstić information content (AvgIpc) is 3.52. The molecule has 51 heavy (non-hydrogen) atoms. The first-order valence-corrected chi connectivity index (χ1v) is 17.3. The predicted molar refractivity (Wildman–Crippen MR) is 191 cm³/mol. The number of halogens is 2. The minimum Gasteiger partial charge on any atom is -0.508 e. The van der Waals surface area contributed by atoms with Gasteiger partial charge in [0.05, 0.1) is 48.8 Å². The quantitative estimate of drug-likeness (QED) is 0.167. The number of fused-ring (bicyclic) bond motifs is 4. The van der Waals surface area contributed by atoms with E-state index in [-0.39, 0.29) is 41.9 Å². The number of carbonyl (C=O) groups excluding carboxylic acids is 4. The third-order valence-electron chi connectivity index (χ3n) is 11.1. The predicted octanol–water partition coefficient (Wildman–Crippen LogP) is 7.08. The molecule has 0 bridgehead atoms. The summed E-state index contributed by atoms with van der Waals surface area (Å²) in [6.07, 6.45) is 2.32. The van der Waals surface area contributed by atoms with Gasteiger partial charge in [0.25, 0.3) is 0 Å². The molecule has 11 heteroatoms. The van der Waals surface area contributed by atoms with Gasteiger partial charge in [-0.2, -0.15) is 0 Å². The van der Waals surface area contributed by atoms with Crippen molar-refractivity contribution in [3.8, 4) is 17.2 Å². The molecular weight excluding hydrogens is 691 g/mol. The van der Waals surface area contributed by atoms with Gasteiger partial charge >= 0.3 is 0 Å². The van der Waals surface area contributed by atoms with Gasteiger partial charge in [-0.3, -0.25) is 24.1 Å². The maximum Gasteiger partial charge on any atom is 0.246 e. The van der Waals surface area contributed by atoms with Crippen LogP contribution in [-0.2, 0) is 24.6 Å². The SMILES string of the molecule is COc1cc(O)cc(OC)c1[C@H]1C2=CC[C@@H]3C(=O)N(c4ccc(Cl)cc4)C(=O)[C@@H]3[C@@H]2C[C@H]2C(=O)N(c3cccc(Cl)c3)C(=O)[C@@]12c1ccccc1. The van der Waals surface area contributed by atoms with Gasteiger partial charge in [0.2, 0.25) is 23.6 Å². The molecule has 0 aromatic heterocycles. The number of aromatic hydroxyl groups is 1. The Bertz CT molecular complexity index is 2130. The first-order valence-electron chi connectivity index (χ1n) is 16.6. The van der Waals surface area contributed by atoms with Crippen molar-refractivity contribution < 1.29 is 33.8 Å². The summed E-state index contributed by atoms with van der Waals surface area (Å²) in [7, 11) is 2.91. The molecule has 9 nitrogen and oxygen atoms in total. The third-order valence-corrected chi connectivity index (χ3v) is 11.6. The molecule has 2 saturated heterocycles. The second-order valence-electron chi connectivity index (χ2n) is 13.3. The first-order chi connectivity index (χ1) is 24.6. The summed E-state index contributed by atoms with van der Waals surface area (Å²) in [5.41, 5.74) is 0.958. The van der Waals surface area contributed by atoms with E-state index in [0.29, 0.717) is 32.5 Å². The van der Waals surface area contributed by atoms with Crippen LogP contribution >= 0.6 is 23.2 Å². The molecular formula is C40H32Cl2N2O7. The fraction of sp³-hybridized carbons (Fsp3) is 0.250. The lowest BCUT2D eigenvalue weighted by Crippen LogP contribution is -2.53. The van der Waals surface area contributed by atoms with Crippen LogP contribution in [0.15, 0.2) is 103 Å². The van der Waals surface area contributed by atoms with E-state index >= 15 is 4.79 Å². The fourth-order valence-electron chi connectivity index (χ4n) is 9.11. The molecule has 2 aliphatic carbocycles. The lowest BCUT2D eigenvalue weighted by molar-refractivity contribution is -0.127. The zero-order valence-electron chi connectivity index (χ0n) is 27.6. The van der Waals surface area contributed by atoms with Crippen molar-refractivity contribution in [1.29, 1.82) is 0 Å². The summed E-state index contributed by atoms with van der Waals surface area (Å²) in [5, 5.41) is 11.5. The molecule has 0 unspecified atom stereocenters. The molecule has 4 aromatic rings. The van der Waals surface area contributed by atoms with Gasteiger partial charge in [-0.05, 0) is 66.8 Å².